The third-order valence-electron chi connectivity index (χ3n) is 1.22. The van der Waals surface area contributed by atoms with Gasteiger partial charge in [0.15, 0.2) is 5.12 Å². The molecule has 0 aromatic heterocycles. The Bertz CT molecular complexity index is 108. The average molecular weight is 146 g/mol. The zero-order chi connectivity index (χ0) is 6.69. The second-order valence-corrected chi connectivity index (χ2v) is 3.57. The molecule has 0 unspecified atom stereocenters. The summed E-state index contributed by atoms with van der Waals surface area (Å²) in [5.41, 5.74) is 0. The molecular weight excluding hydrogens is 136 g/mol. The number of thioether (sulfide) groups is 1. The van der Waals surface area contributed by atoms with Gasteiger partial charge in [-0.2, -0.15) is 0 Å². The highest BCUT2D eigenvalue weighted by atomic mass is 32.2. The lowest BCUT2D eigenvalue weighted by atomic mass is 10.4. The molecule has 0 aromatic rings. The van der Waals surface area contributed by atoms with Gasteiger partial charge in [-0.1, -0.05) is 11.8 Å². The van der Waals surface area contributed by atoms with Gasteiger partial charge in [0, 0.05) is 18.8 Å². The first-order valence-electron chi connectivity index (χ1n) is 3.04. The molecule has 0 aromatic carbocycles. The Morgan fingerprint density at radius 1 is 1.78 bits per heavy atom. The molecule has 9 heavy (non-hydrogen) atoms. The van der Waals surface area contributed by atoms with Crippen molar-refractivity contribution in [2.24, 2.45) is 0 Å². The standard InChI is InChI=1S/C6H10O2S/c1-5(7)9-6-2-3-8-4-6/h6H,2-4H2,1H3/t6-/m1/s1. The van der Waals surface area contributed by atoms with Crippen LogP contribution in [0.2, 0.25) is 0 Å². The Morgan fingerprint density at radius 2 is 2.56 bits per heavy atom. The minimum Gasteiger partial charge on any atom is -0.380 e. The average Bonchev–Trinajstić information content (AvgIpc) is 2.15. The first kappa shape index (κ1) is 7.09. The Hall–Kier alpha value is -0.0200. The SMILES string of the molecule is CC(=O)S[C@@H]1CCOC1. The number of ether oxygens (including phenoxy) is 1. The van der Waals surface area contributed by atoms with Gasteiger partial charge in [-0.05, 0) is 6.42 Å². The van der Waals surface area contributed by atoms with Crippen LogP contribution in [-0.4, -0.2) is 23.6 Å². The molecule has 0 N–H and O–H groups in total. The topological polar surface area (TPSA) is 26.3 Å². The van der Waals surface area contributed by atoms with Crippen molar-refractivity contribution in [2.45, 2.75) is 18.6 Å². The van der Waals surface area contributed by atoms with Gasteiger partial charge in [0.1, 0.15) is 0 Å². The summed E-state index contributed by atoms with van der Waals surface area (Å²) in [4.78, 5) is 10.5. The molecule has 0 bridgehead atoms. The fraction of sp³-hybridized carbons (Fsp3) is 0.833. The van der Waals surface area contributed by atoms with Crippen molar-refractivity contribution >= 4 is 16.9 Å². The van der Waals surface area contributed by atoms with E-state index in [2.05, 4.69) is 0 Å². The minimum absolute atomic E-state index is 0.200. The maximum Gasteiger partial charge on any atom is 0.186 e. The van der Waals surface area contributed by atoms with Gasteiger partial charge in [-0.3, -0.25) is 4.79 Å². The first-order chi connectivity index (χ1) is 4.29. The summed E-state index contributed by atoms with van der Waals surface area (Å²) < 4.78 is 5.08. The van der Waals surface area contributed by atoms with E-state index in [1.54, 1.807) is 6.92 Å². The largest absolute Gasteiger partial charge is 0.380 e. The highest BCUT2D eigenvalue weighted by molar-refractivity contribution is 8.14. The molecule has 0 spiro atoms. The Kier molecular flexibility index (Phi) is 2.54. The lowest BCUT2D eigenvalue weighted by molar-refractivity contribution is -0.109. The molecule has 1 saturated heterocycles. The lowest BCUT2D eigenvalue weighted by Gasteiger charge is -2.00. The van der Waals surface area contributed by atoms with Gasteiger partial charge < -0.3 is 4.74 Å². The number of carbonyl (C=O) groups is 1. The van der Waals surface area contributed by atoms with E-state index in [-0.39, 0.29) is 5.12 Å². The Balaban J connectivity index is 2.19. The maximum absolute atomic E-state index is 10.5. The van der Waals surface area contributed by atoms with Crippen molar-refractivity contribution in [3.63, 3.8) is 0 Å². The van der Waals surface area contributed by atoms with Crippen LogP contribution in [0.15, 0.2) is 0 Å². The molecule has 2 nitrogen and oxygen atoms in total. The summed E-state index contributed by atoms with van der Waals surface area (Å²) in [6.45, 7) is 3.18. The molecule has 1 aliphatic rings. The van der Waals surface area contributed by atoms with E-state index in [0.29, 0.717) is 5.25 Å². The quantitative estimate of drug-likeness (QED) is 0.553. The summed E-state index contributed by atoms with van der Waals surface area (Å²) in [6.07, 6.45) is 1.03. The van der Waals surface area contributed by atoms with Gasteiger partial charge in [-0.15, -0.1) is 0 Å². The number of hydrogen-bond donors (Lipinski definition) is 0. The fourth-order valence-corrected chi connectivity index (χ4v) is 1.69. The normalized spacial score (nSPS) is 26.6. The molecule has 1 heterocycles. The second kappa shape index (κ2) is 3.22. The lowest BCUT2D eigenvalue weighted by Crippen LogP contribution is -2.03. The third-order valence-corrected chi connectivity index (χ3v) is 2.26. The summed E-state index contributed by atoms with van der Waals surface area (Å²) in [7, 11) is 0. The second-order valence-electron chi connectivity index (χ2n) is 2.10. The van der Waals surface area contributed by atoms with Crippen LogP contribution in [0.3, 0.4) is 0 Å². The first-order valence-corrected chi connectivity index (χ1v) is 3.92. The van der Waals surface area contributed by atoms with Crippen molar-refractivity contribution in [1.82, 2.24) is 0 Å². The highest BCUT2D eigenvalue weighted by Gasteiger charge is 2.17. The van der Waals surface area contributed by atoms with E-state index in [1.807, 2.05) is 0 Å². The number of hydrogen-bond acceptors (Lipinski definition) is 3. The Labute approximate surface area is 59.0 Å². The molecule has 1 atom stereocenters. The molecule has 1 rings (SSSR count). The zero-order valence-electron chi connectivity index (χ0n) is 5.42. The summed E-state index contributed by atoms with van der Waals surface area (Å²) >= 11 is 1.40. The molecule has 52 valence electrons. The maximum atomic E-state index is 10.5. The van der Waals surface area contributed by atoms with Gasteiger partial charge in [0.05, 0.1) is 6.61 Å². The van der Waals surface area contributed by atoms with Crippen molar-refractivity contribution in [3.8, 4) is 0 Å². The summed E-state index contributed by atoms with van der Waals surface area (Å²) in [5.74, 6) is 0. The van der Waals surface area contributed by atoms with Crippen molar-refractivity contribution in [1.29, 1.82) is 0 Å². The molecule has 3 heteroatoms. The van der Waals surface area contributed by atoms with Crippen LogP contribution in [0.1, 0.15) is 13.3 Å². The van der Waals surface area contributed by atoms with E-state index in [1.165, 1.54) is 11.8 Å². The van der Waals surface area contributed by atoms with Gasteiger partial charge in [0.25, 0.3) is 0 Å². The van der Waals surface area contributed by atoms with E-state index in [4.69, 9.17) is 4.74 Å². The molecule has 0 amide bonds. The molecular formula is C6H10O2S. The van der Waals surface area contributed by atoms with Crippen LogP contribution in [0.4, 0.5) is 0 Å². The van der Waals surface area contributed by atoms with Crippen LogP contribution in [0, 0.1) is 0 Å². The summed E-state index contributed by atoms with van der Waals surface area (Å²) in [6, 6.07) is 0. The van der Waals surface area contributed by atoms with Crippen LogP contribution in [0.25, 0.3) is 0 Å². The molecule has 0 radical (unpaired) electrons. The van der Waals surface area contributed by atoms with E-state index < -0.39 is 0 Å². The molecule has 0 saturated carbocycles. The van der Waals surface area contributed by atoms with E-state index in [9.17, 15) is 4.79 Å². The van der Waals surface area contributed by atoms with Crippen LogP contribution >= 0.6 is 11.8 Å². The Morgan fingerprint density at radius 3 is 3.00 bits per heavy atom. The van der Waals surface area contributed by atoms with Gasteiger partial charge in [0.2, 0.25) is 0 Å². The molecule has 0 aliphatic carbocycles. The van der Waals surface area contributed by atoms with Crippen molar-refractivity contribution in [3.05, 3.63) is 0 Å². The smallest absolute Gasteiger partial charge is 0.186 e. The number of carbonyl (C=O) groups excluding carboxylic acids is 1. The van der Waals surface area contributed by atoms with Gasteiger partial charge >= 0.3 is 0 Å². The fourth-order valence-electron chi connectivity index (χ4n) is 0.841. The van der Waals surface area contributed by atoms with Gasteiger partial charge in [-0.25, -0.2) is 0 Å². The van der Waals surface area contributed by atoms with Crippen molar-refractivity contribution in [2.75, 3.05) is 13.2 Å². The monoisotopic (exact) mass is 146 g/mol. The minimum atomic E-state index is 0.200. The van der Waals surface area contributed by atoms with Crippen LogP contribution in [0.5, 0.6) is 0 Å². The number of rotatable bonds is 1. The molecule has 1 fully saturated rings. The van der Waals surface area contributed by atoms with Crippen LogP contribution < -0.4 is 0 Å². The predicted octanol–water partition coefficient (Wildman–Crippen LogP) is 1.05. The third kappa shape index (κ3) is 2.37. The van der Waals surface area contributed by atoms with Crippen LogP contribution in [-0.2, 0) is 9.53 Å². The highest BCUT2D eigenvalue weighted by Crippen LogP contribution is 2.20. The van der Waals surface area contributed by atoms with Crippen molar-refractivity contribution < 1.29 is 9.53 Å². The summed E-state index contributed by atoms with van der Waals surface area (Å²) in [5, 5.41) is 0.632. The zero-order valence-corrected chi connectivity index (χ0v) is 6.24. The predicted molar refractivity (Wildman–Crippen MR) is 37.5 cm³/mol. The molecule has 1 aliphatic heterocycles. The van der Waals surface area contributed by atoms with E-state index in [0.717, 1.165) is 19.6 Å². The van der Waals surface area contributed by atoms with E-state index >= 15 is 0 Å².